The predicted octanol–water partition coefficient (Wildman–Crippen LogP) is 3.90. The second-order valence-electron chi connectivity index (χ2n) is 6.50. The Morgan fingerprint density at radius 1 is 1.24 bits per heavy atom. The molecular weight excluding hydrogens is 384 g/mol. The molecule has 130 valence electrons. The molecule has 0 aromatic heterocycles. The number of hydrogen-bond donors (Lipinski definition) is 1. The van der Waals surface area contributed by atoms with E-state index in [1.165, 1.54) is 4.90 Å². The zero-order chi connectivity index (χ0) is 18.2. The number of carbonyl (C=O) groups excluding carboxylic acids is 2. The van der Waals surface area contributed by atoms with Crippen molar-refractivity contribution >= 4 is 39.1 Å². The Morgan fingerprint density at radius 3 is 2.68 bits per heavy atom. The van der Waals surface area contributed by atoms with E-state index in [0.29, 0.717) is 17.1 Å². The number of nitrogens with zero attached hydrogens (tertiary/aromatic N) is 1. The van der Waals surface area contributed by atoms with Crippen LogP contribution >= 0.6 is 15.9 Å². The van der Waals surface area contributed by atoms with Crippen LogP contribution in [-0.4, -0.2) is 24.0 Å². The Morgan fingerprint density at radius 2 is 1.96 bits per heavy atom. The lowest BCUT2D eigenvalue weighted by Gasteiger charge is -2.38. The lowest BCUT2D eigenvalue weighted by Crippen LogP contribution is -2.54. The lowest BCUT2D eigenvalue weighted by atomic mass is 10.0. The van der Waals surface area contributed by atoms with Crippen molar-refractivity contribution in [3.63, 3.8) is 0 Å². The number of rotatable bonds is 3. The van der Waals surface area contributed by atoms with Gasteiger partial charge in [0, 0.05) is 4.47 Å². The van der Waals surface area contributed by atoms with Crippen LogP contribution in [-0.2, 0) is 9.59 Å². The Hall–Kier alpha value is -2.34. The van der Waals surface area contributed by atoms with Gasteiger partial charge in [0.25, 0.3) is 5.91 Å². The van der Waals surface area contributed by atoms with Gasteiger partial charge in [0.1, 0.15) is 12.3 Å². The fourth-order valence-electron chi connectivity index (χ4n) is 2.73. The molecule has 1 N–H and O–H groups in total. The highest BCUT2D eigenvalue weighted by Crippen LogP contribution is 2.38. The van der Waals surface area contributed by atoms with Crippen molar-refractivity contribution in [1.82, 2.24) is 0 Å². The molecule has 25 heavy (non-hydrogen) atoms. The van der Waals surface area contributed by atoms with Gasteiger partial charge in [-0.05, 0) is 66.5 Å². The van der Waals surface area contributed by atoms with Crippen molar-refractivity contribution in [2.45, 2.75) is 26.4 Å². The minimum atomic E-state index is -1.02. The van der Waals surface area contributed by atoms with Gasteiger partial charge in [-0.2, -0.15) is 0 Å². The lowest BCUT2D eigenvalue weighted by molar-refractivity contribution is -0.133. The standard InChI is InChI=1S/C19H19BrN2O3/c1-12-8-9-16-15(10-12)22(18(24)19(2,3)25-16)11-17(23)21-14-7-5-4-6-13(14)20/h4-10H,11H2,1-3H3,(H,21,23). The summed E-state index contributed by atoms with van der Waals surface area (Å²) in [6.45, 7) is 5.26. The summed E-state index contributed by atoms with van der Waals surface area (Å²) in [4.78, 5) is 26.8. The smallest absolute Gasteiger partial charge is 0.271 e. The molecule has 5 nitrogen and oxygen atoms in total. The summed E-state index contributed by atoms with van der Waals surface area (Å²) < 4.78 is 6.59. The molecule has 0 atom stereocenters. The number of amides is 2. The average molecular weight is 403 g/mol. The molecular formula is C19H19BrN2O3. The molecule has 0 radical (unpaired) electrons. The van der Waals surface area contributed by atoms with Crippen LogP contribution in [0.4, 0.5) is 11.4 Å². The summed E-state index contributed by atoms with van der Waals surface area (Å²) in [5.74, 6) is 0.0853. The SMILES string of the molecule is Cc1ccc2c(c1)N(CC(=O)Nc1ccccc1Br)C(=O)C(C)(C)O2. The molecule has 0 fully saturated rings. The van der Waals surface area contributed by atoms with E-state index in [4.69, 9.17) is 4.74 Å². The molecule has 6 heteroatoms. The number of hydrogen-bond acceptors (Lipinski definition) is 3. The molecule has 2 aromatic carbocycles. The normalized spacial score (nSPS) is 15.4. The van der Waals surface area contributed by atoms with E-state index in [1.54, 1.807) is 19.9 Å². The molecule has 2 aromatic rings. The molecule has 1 aliphatic rings. The van der Waals surface area contributed by atoms with Crippen molar-refractivity contribution in [1.29, 1.82) is 0 Å². The van der Waals surface area contributed by atoms with Crippen LogP contribution in [0, 0.1) is 6.92 Å². The first-order chi connectivity index (χ1) is 11.8. The van der Waals surface area contributed by atoms with E-state index in [0.717, 1.165) is 10.0 Å². The van der Waals surface area contributed by atoms with Crippen molar-refractivity contribution in [2.75, 3.05) is 16.8 Å². The number of benzene rings is 2. The molecule has 0 aliphatic carbocycles. The second-order valence-corrected chi connectivity index (χ2v) is 7.36. The van der Waals surface area contributed by atoms with Crippen LogP contribution in [0.1, 0.15) is 19.4 Å². The number of anilines is 2. The molecule has 0 saturated carbocycles. The fraction of sp³-hybridized carbons (Fsp3) is 0.263. The van der Waals surface area contributed by atoms with Crippen LogP contribution in [0.2, 0.25) is 0 Å². The number of nitrogens with one attached hydrogen (secondary N) is 1. The third kappa shape index (κ3) is 3.54. The molecule has 0 bridgehead atoms. The number of ether oxygens (including phenoxy) is 1. The second kappa shape index (κ2) is 6.52. The number of carbonyl (C=O) groups is 2. The topological polar surface area (TPSA) is 58.6 Å². The number of para-hydroxylation sites is 1. The summed E-state index contributed by atoms with van der Waals surface area (Å²) in [5, 5.41) is 2.83. The maximum Gasteiger partial charge on any atom is 0.271 e. The van der Waals surface area contributed by atoms with Gasteiger partial charge in [-0.25, -0.2) is 0 Å². The third-order valence-electron chi connectivity index (χ3n) is 3.98. The van der Waals surface area contributed by atoms with Gasteiger partial charge in [-0.15, -0.1) is 0 Å². The monoisotopic (exact) mass is 402 g/mol. The van der Waals surface area contributed by atoms with Crippen LogP contribution in [0.15, 0.2) is 46.9 Å². The molecule has 0 saturated heterocycles. The number of fused-ring (bicyclic) bond motifs is 1. The predicted molar refractivity (Wildman–Crippen MR) is 101 cm³/mol. The van der Waals surface area contributed by atoms with Gasteiger partial charge in [0.05, 0.1) is 11.4 Å². The van der Waals surface area contributed by atoms with E-state index in [2.05, 4.69) is 21.2 Å². The van der Waals surface area contributed by atoms with Crippen molar-refractivity contribution < 1.29 is 14.3 Å². The van der Waals surface area contributed by atoms with Gasteiger partial charge in [-0.3, -0.25) is 14.5 Å². The zero-order valence-electron chi connectivity index (χ0n) is 14.3. The summed E-state index contributed by atoms with van der Waals surface area (Å²) >= 11 is 3.40. The Balaban J connectivity index is 1.88. The molecule has 3 rings (SSSR count). The first kappa shape index (κ1) is 17.5. The van der Waals surface area contributed by atoms with Crippen LogP contribution < -0.4 is 15.0 Å². The molecule has 1 heterocycles. The molecule has 2 amide bonds. The quantitative estimate of drug-likeness (QED) is 0.846. The van der Waals surface area contributed by atoms with Crippen molar-refractivity contribution in [3.8, 4) is 5.75 Å². The Labute approximate surface area is 155 Å². The van der Waals surface area contributed by atoms with Gasteiger partial charge >= 0.3 is 0 Å². The third-order valence-corrected chi connectivity index (χ3v) is 4.67. The van der Waals surface area contributed by atoms with E-state index < -0.39 is 5.60 Å². The van der Waals surface area contributed by atoms with E-state index in [-0.39, 0.29) is 18.4 Å². The van der Waals surface area contributed by atoms with Gasteiger partial charge < -0.3 is 10.1 Å². The minimum Gasteiger partial charge on any atom is -0.476 e. The molecule has 1 aliphatic heterocycles. The maximum atomic E-state index is 12.8. The summed E-state index contributed by atoms with van der Waals surface area (Å²) in [6, 6.07) is 13.0. The largest absolute Gasteiger partial charge is 0.476 e. The van der Waals surface area contributed by atoms with E-state index in [1.807, 2.05) is 43.3 Å². The summed E-state index contributed by atoms with van der Waals surface area (Å²) in [5.41, 5.74) is 1.25. The van der Waals surface area contributed by atoms with Crippen molar-refractivity contribution in [3.05, 3.63) is 52.5 Å². The van der Waals surface area contributed by atoms with Gasteiger partial charge in [0.2, 0.25) is 5.91 Å². The average Bonchev–Trinajstić information content (AvgIpc) is 2.55. The Kier molecular flexibility index (Phi) is 4.56. The van der Waals surface area contributed by atoms with Gasteiger partial charge in [-0.1, -0.05) is 18.2 Å². The van der Waals surface area contributed by atoms with Crippen LogP contribution in [0.25, 0.3) is 0 Å². The highest BCUT2D eigenvalue weighted by molar-refractivity contribution is 9.10. The van der Waals surface area contributed by atoms with Crippen LogP contribution in [0.3, 0.4) is 0 Å². The molecule has 0 spiro atoms. The first-order valence-electron chi connectivity index (χ1n) is 7.94. The van der Waals surface area contributed by atoms with Gasteiger partial charge in [0.15, 0.2) is 5.60 Å². The summed E-state index contributed by atoms with van der Waals surface area (Å²) in [6.07, 6.45) is 0. The minimum absolute atomic E-state index is 0.0799. The highest BCUT2D eigenvalue weighted by atomic mass is 79.9. The van der Waals surface area contributed by atoms with Crippen LogP contribution in [0.5, 0.6) is 5.75 Å². The highest BCUT2D eigenvalue weighted by Gasteiger charge is 2.41. The van der Waals surface area contributed by atoms with Crippen molar-refractivity contribution in [2.24, 2.45) is 0 Å². The first-order valence-corrected chi connectivity index (χ1v) is 8.73. The fourth-order valence-corrected chi connectivity index (χ4v) is 3.11. The maximum absolute atomic E-state index is 12.8. The van der Waals surface area contributed by atoms with E-state index in [9.17, 15) is 9.59 Å². The summed E-state index contributed by atoms with van der Waals surface area (Å²) in [7, 11) is 0. The molecule has 0 unspecified atom stereocenters. The number of halogens is 1. The van der Waals surface area contributed by atoms with E-state index >= 15 is 0 Å². The number of aryl methyl sites for hydroxylation is 1. The Bertz CT molecular complexity index is 848. The zero-order valence-corrected chi connectivity index (χ0v) is 15.9.